The van der Waals surface area contributed by atoms with Gasteiger partial charge < -0.3 is 0 Å². The second-order valence-corrected chi connectivity index (χ2v) is 4.13. The van der Waals surface area contributed by atoms with Gasteiger partial charge in [0.15, 0.2) is 5.78 Å². The second-order valence-electron chi connectivity index (χ2n) is 3.27. The number of hydrogen-bond acceptors (Lipinski definition) is 1. The van der Waals surface area contributed by atoms with E-state index < -0.39 is 35.1 Å². The number of ketones is 1. The highest BCUT2D eigenvalue weighted by atomic mass is 79.9. The molecule has 1 aromatic rings. The van der Waals surface area contributed by atoms with Crippen LogP contribution in [0.1, 0.15) is 34.8 Å². The summed E-state index contributed by atoms with van der Waals surface area (Å²) >= 11 is 2.72. The maximum atomic E-state index is 12.6. The quantitative estimate of drug-likeness (QED) is 0.575. The van der Waals surface area contributed by atoms with E-state index in [0.29, 0.717) is 6.07 Å². The van der Waals surface area contributed by atoms with Gasteiger partial charge in [-0.3, -0.25) is 4.79 Å². The largest absolute Gasteiger partial charge is 0.417 e. The summed E-state index contributed by atoms with van der Waals surface area (Å²) < 4.78 is 62.4. The van der Waals surface area contributed by atoms with Crippen LogP contribution in [0.2, 0.25) is 0 Å². The first kappa shape index (κ1) is 14.1. The normalized spacial score (nSPS) is 12.0. The molecule has 0 spiro atoms. The zero-order valence-corrected chi connectivity index (χ0v) is 9.99. The maximum Gasteiger partial charge on any atom is 0.417 e. The molecule has 0 amide bonds. The van der Waals surface area contributed by atoms with Crippen molar-refractivity contribution in [2.75, 3.05) is 0 Å². The van der Waals surface area contributed by atoms with Gasteiger partial charge in [0.25, 0.3) is 6.43 Å². The van der Waals surface area contributed by atoms with Gasteiger partial charge >= 0.3 is 6.18 Å². The van der Waals surface area contributed by atoms with Crippen molar-refractivity contribution >= 4 is 21.7 Å². The number of carbonyl (C=O) groups excluding carboxylic acids is 1. The van der Waals surface area contributed by atoms with Crippen molar-refractivity contribution < 1.29 is 26.7 Å². The second kappa shape index (κ2) is 4.72. The molecule has 1 aromatic carbocycles. The van der Waals surface area contributed by atoms with E-state index in [2.05, 4.69) is 15.9 Å². The average molecular weight is 317 g/mol. The lowest BCUT2D eigenvalue weighted by Gasteiger charge is -2.14. The molecular formula is C10H6BrF5O. The van der Waals surface area contributed by atoms with Crippen LogP contribution in [0.3, 0.4) is 0 Å². The van der Waals surface area contributed by atoms with Gasteiger partial charge in [-0.15, -0.1) is 0 Å². The first-order valence-corrected chi connectivity index (χ1v) is 5.13. The lowest BCUT2D eigenvalue weighted by atomic mass is 10.0. The van der Waals surface area contributed by atoms with Crippen LogP contribution >= 0.6 is 15.9 Å². The van der Waals surface area contributed by atoms with Gasteiger partial charge in [-0.2, -0.15) is 13.2 Å². The van der Waals surface area contributed by atoms with Crippen LogP contribution in [0.15, 0.2) is 16.6 Å². The molecule has 0 radical (unpaired) electrons. The van der Waals surface area contributed by atoms with Gasteiger partial charge in [0.2, 0.25) is 0 Å². The zero-order chi connectivity index (χ0) is 13.4. The van der Waals surface area contributed by atoms with E-state index in [1.807, 2.05) is 0 Å². The highest BCUT2D eigenvalue weighted by molar-refractivity contribution is 9.10. The van der Waals surface area contributed by atoms with Crippen LogP contribution in [0.5, 0.6) is 0 Å². The highest BCUT2D eigenvalue weighted by Gasteiger charge is 2.36. The van der Waals surface area contributed by atoms with E-state index >= 15 is 0 Å². The Kier molecular flexibility index (Phi) is 3.91. The minimum atomic E-state index is -4.84. The average Bonchev–Trinajstić information content (AvgIpc) is 2.14. The molecule has 0 aliphatic heterocycles. The van der Waals surface area contributed by atoms with Gasteiger partial charge in [0, 0.05) is 15.6 Å². The first-order valence-electron chi connectivity index (χ1n) is 4.34. The summed E-state index contributed by atoms with van der Waals surface area (Å²) in [6, 6.07) is 1.07. The Hall–Kier alpha value is -0.980. The SMILES string of the molecule is CC(=O)c1cc(Br)c(C(F)F)cc1C(F)(F)F. The van der Waals surface area contributed by atoms with E-state index in [1.165, 1.54) is 0 Å². The molecule has 0 aromatic heterocycles. The Labute approximate surface area is 102 Å². The van der Waals surface area contributed by atoms with Crippen LogP contribution in [-0.2, 0) is 6.18 Å². The Balaban J connectivity index is 3.54. The maximum absolute atomic E-state index is 12.6. The van der Waals surface area contributed by atoms with Crippen LogP contribution in [0.4, 0.5) is 22.0 Å². The van der Waals surface area contributed by atoms with E-state index in [0.717, 1.165) is 13.0 Å². The number of rotatable bonds is 2. The van der Waals surface area contributed by atoms with Crippen molar-refractivity contribution in [2.45, 2.75) is 19.5 Å². The predicted molar refractivity (Wildman–Crippen MR) is 54.1 cm³/mol. The number of halogens is 6. The Morgan fingerprint density at radius 1 is 1.29 bits per heavy atom. The Morgan fingerprint density at radius 3 is 2.18 bits per heavy atom. The fraction of sp³-hybridized carbons (Fsp3) is 0.300. The van der Waals surface area contributed by atoms with E-state index in [4.69, 9.17) is 0 Å². The summed E-state index contributed by atoms with van der Waals surface area (Å²) in [6.07, 6.45) is -7.89. The lowest BCUT2D eigenvalue weighted by molar-refractivity contribution is -0.138. The summed E-state index contributed by atoms with van der Waals surface area (Å²) in [6.45, 7) is 0.944. The van der Waals surface area contributed by atoms with Crippen molar-refractivity contribution in [3.63, 3.8) is 0 Å². The minimum absolute atomic E-state index is 0.217. The van der Waals surface area contributed by atoms with Crippen molar-refractivity contribution in [2.24, 2.45) is 0 Å². The molecule has 0 aliphatic rings. The first-order chi connectivity index (χ1) is 7.64. The number of benzene rings is 1. The smallest absolute Gasteiger partial charge is 0.294 e. The van der Waals surface area contributed by atoms with Gasteiger partial charge in [0.05, 0.1) is 5.56 Å². The zero-order valence-electron chi connectivity index (χ0n) is 8.41. The molecule has 1 nitrogen and oxygen atoms in total. The van der Waals surface area contributed by atoms with Crippen molar-refractivity contribution in [3.8, 4) is 0 Å². The molecule has 0 N–H and O–H groups in total. The minimum Gasteiger partial charge on any atom is -0.294 e. The van der Waals surface area contributed by atoms with Crippen molar-refractivity contribution in [1.29, 1.82) is 0 Å². The van der Waals surface area contributed by atoms with Gasteiger partial charge in [0.1, 0.15) is 0 Å². The summed E-state index contributed by atoms with van der Waals surface area (Å²) in [5.41, 5.74) is -2.76. The van der Waals surface area contributed by atoms with Crippen molar-refractivity contribution in [3.05, 3.63) is 33.3 Å². The molecule has 17 heavy (non-hydrogen) atoms. The third-order valence-electron chi connectivity index (χ3n) is 2.06. The molecule has 94 valence electrons. The fourth-order valence-corrected chi connectivity index (χ4v) is 1.80. The van der Waals surface area contributed by atoms with E-state index in [9.17, 15) is 26.7 Å². The number of carbonyl (C=O) groups is 1. The Bertz CT molecular complexity index is 453. The van der Waals surface area contributed by atoms with Gasteiger partial charge in [-0.1, -0.05) is 15.9 Å². The molecule has 0 atom stereocenters. The highest BCUT2D eigenvalue weighted by Crippen LogP contribution is 2.38. The molecule has 0 saturated carbocycles. The van der Waals surface area contributed by atoms with E-state index in [1.54, 1.807) is 0 Å². The number of Topliss-reactive ketones (excluding diaryl/α,β-unsaturated/α-hetero) is 1. The van der Waals surface area contributed by atoms with Crippen LogP contribution in [0, 0.1) is 0 Å². The molecule has 0 saturated heterocycles. The topological polar surface area (TPSA) is 17.1 Å². The molecule has 0 heterocycles. The molecule has 7 heteroatoms. The molecule has 1 rings (SSSR count). The van der Waals surface area contributed by atoms with Crippen molar-refractivity contribution in [1.82, 2.24) is 0 Å². The van der Waals surface area contributed by atoms with Crippen LogP contribution in [-0.4, -0.2) is 5.78 Å². The molecule has 0 aliphatic carbocycles. The number of alkyl halides is 5. The standard InChI is InChI=1S/C10H6BrF5O/c1-4(17)5-3-8(11)6(9(12)13)2-7(5)10(14,15)16/h2-3,9H,1H3. The number of hydrogen-bond donors (Lipinski definition) is 0. The summed E-state index contributed by atoms with van der Waals surface area (Å²) in [5.74, 6) is -0.834. The summed E-state index contributed by atoms with van der Waals surface area (Å²) in [4.78, 5) is 11.0. The fourth-order valence-electron chi connectivity index (χ4n) is 1.28. The third kappa shape index (κ3) is 3.02. The molecule has 0 fully saturated rings. The Morgan fingerprint density at radius 2 is 1.82 bits per heavy atom. The van der Waals surface area contributed by atoms with Gasteiger partial charge in [-0.05, 0) is 19.1 Å². The molecule has 0 bridgehead atoms. The summed E-state index contributed by atoms with van der Waals surface area (Å²) in [5, 5.41) is 0. The van der Waals surface area contributed by atoms with Crippen LogP contribution in [0.25, 0.3) is 0 Å². The predicted octanol–water partition coefficient (Wildman–Crippen LogP) is 4.61. The molecular weight excluding hydrogens is 311 g/mol. The van der Waals surface area contributed by atoms with Crippen LogP contribution < -0.4 is 0 Å². The summed E-state index contributed by atoms with van der Waals surface area (Å²) in [7, 11) is 0. The molecule has 0 unspecified atom stereocenters. The monoisotopic (exact) mass is 316 g/mol. The lowest BCUT2D eigenvalue weighted by Crippen LogP contribution is -2.13. The third-order valence-corrected chi connectivity index (χ3v) is 2.74. The van der Waals surface area contributed by atoms with E-state index in [-0.39, 0.29) is 4.47 Å². The van der Waals surface area contributed by atoms with Gasteiger partial charge in [-0.25, -0.2) is 8.78 Å².